The topological polar surface area (TPSA) is 64.4 Å². The molecule has 3 aromatic rings. The summed E-state index contributed by atoms with van der Waals surface area (Å²) in [7, 11) is 0. The van der Waals surface area contributed by atoms with E-state index in [4.69, 9.17) is 4.42 Å². The predicted octanol–water partition coefficient (Wildman–Crippen LogP) is 1.70. The molecule has 0 unspecified atom stereocenters. The van der Waals surface area contributed by atoms with Gasteiger partial charge in [0.15, 0.2) is 0 Å². The largest absolute Gasteiger partial charge is 0.467 e. The number of tetrazole rings is 1. The highest BCUT2D eigenvalue weighted by molar-refractivity contribution is 5.46. The Morgan fingerprint density at radius 2 is 1.96 bits per heavy atom. The standard InChI is InChI=1S/C20H25FN6O/c1-2-4-19(20-22-23-24-27(20)15-18-5-3-14-28-18)26-12-10-25(11-13-26)17-8-6-16(21)7-9-17/h3,5-9,14,19H,2,4,10-13,15H2,1H3/p+1/t19-/m1/s1. The van der Waals surface area contributed by atoms with Gasteiger partial charge in [-0.1, -0.05) is 13.3 Å². The number of piperazine rings is 1. The molecule has 0 aliphatic carbocycles. The molecule has 3 heterocycles. The van der Waals surface area contributed by atoms with Crippen molar-refractivity contribution in [1.29, 1.82) is 0 Å². The van der Waals surface area contributed by atoms with Gasteiger partial charge < -0.3 is 14.2 Å². The Labute approximate surface area is 163 Å². The van der Waals surface area contributed by atoms with Gasteiger partial charge in [0.2, 0.25) is 5.82 Å². The molecule has 28 heavy (non-hydrogen) atoms. The van der Waals surface area contributed by atoms with Crippen molar-refractivity contribution in [3.05, 3.63) is 60.1 Å². The summed E-state index contributed by atoms with van der Waals surface area (Å²) in [6, 6.07) is 10.8. The van der Waals surface area contributed by atoms with E-state index in [1.807, 2.05) is 28.9 Å². The lowest BCUT2D eigenvalue weighted by molar-refractivity contribution is -0.933. The molecule has 0 spiro atoms. The van der Waals surface area contributed by atoms with E-state index in [1.54, 1.807) is 6.26 Å². The Bertz CT molecular complexity index is 855. The SMILES string of the molecule is CCC[C@H](c1nnnn1Cc1ccco1)[NH+]1CCN(c2ccc(F)cc2)CC1. The van der Waals surface area contributed by atoms with Gasteiger partial charge in [-0.2, -0.15) is 0 Å². The van der Waals surface area contributed by atoms with Crippen LogP contribution in [0.1, 0.15) is 37.4 Å². The first-order chi connectivity index (χ1) is 13.7. The predicted molar refractivity (Wildman–Crippen MR) is 103 cm³/mol. The Morgan fingerprint density at radius 1 is 1.18 bits per heavy atom. The zero-order valence-corrected chi connectivity index (χ0v) is 16.1. The lowest BCUT2D eigenvalue weighted by Crippen LogP contribution is -3.15. The van der Waals surface area contributed by atoms with Crippen LogP contribution in [0, 0.1) is 5.82 Å². The second kappa shape index (κ2) is 8.52. The van der Waals surface area contributed by atoms with E-state index >= 15 is 0 Å². The molecule has 8 heteroatoms. The first-order valence-corrected chi connectivity index (χ1v) is 9.88. The van der Waals surface area contributed by atoms with Crippen LogP contribution in [0.4, 0.5) is 10.1 Å². The molecule has 7 nitrogen and oxygen atoms in total. The first kappa shape index (κ1) is 18.6. The third-order valence-electron chi connectivity index (χ3n) is 5.42. The Kier molecular flexibility index (Phi) is 5.66. The molecular formula is C20H26FN6O+. The fourth-order valence-electron chi connectivity index (χ4n) is 3.98. The summed E-state index contributed by atoms with van der Waals surface area (Å²) < 4.78 is 20.5. The normalized spacial score (nSPS) is 16.4. The van der Waals surface area contributed by atoms with Crippen LogP contribution in [0.15, 0.2) is 47.1 Å². The van der Waals surface area contributed by atoms with Crippen LogP contribution in [-0.4, -0.2) is 46.4 Å². The highest BCUT2D eigenvalue weighted by atomic mass is 19.1. The molecule has 1 atom stereocenters. The molecule has 0 amide bonds. The number of nitrogens with one attached hydrogen (secondary N) is 1. The molecule has 0 saturated carbocycles. The summed E-state index contributed by atoms with van der Waals surface area (Å²) in [5.41, 5.74) is 1.08. The van der Waals surface area contributed by atoms with E-state index in [9.17, 15) is 4.39 Å². The number of quaternary nitrogens is 1. The van der Waals surface area contributed by atoms with Crippen LogP contribution < -0.4 is 9.80 Å². The minimum Gasteiger partial charge on any atom is -0.467 e. The van der Waals surface area contributed by atoms with Crippen LogP contribution in [0.3, 0.4) is 0 Å². The maximum atomic E-state index is 13.2. The molecule has 1 aromatic carbocycles. The molecule has 1 fully saturated rings. The Balaban J connectivity index is 1.46. The molecule has 1 aliphatic rings. The van der Waals surface area contributed by atoms with E-state index in [0.717, 1.165) is 56.3 Å². The molecule has 1 aliphatic heterocycles. The number of anilines is 1. The quantitative estimate of drug-likeness (QED) is 0.671. The summed E-state index contributed by atoms with van der Waals surface area (Å²) in [4.78, 5) is 3.81. The molecule has 4 rings (SSSR count). The number of halogens is 1. The average Bonchev–Trinajstić information content (AvgIpc) is 3.40. The van der Waals surface area contributed by atoms with Crippen LogP contribution in [-0.2, 0) is 6.54 Å². The van der Waals surface area contributed by atoms with Gasteiger partial charge in [0.25, 0.3) is 0 Å². The maximum absolute atomic E-state index is 13.2. The third kappa shape index (κ3) is 4.06. The van der Waals surface area contributed by atoms with Gasteiger partial charge in [-0.15, -0.1) is 5.10 Å². The lowest BCUT2D eigenvalue weighted by atomic mass is 10.1. The zero-order valence-electron chi connectivity index (χ0n) is 16.1. The summed E-state index contributed by atoms with van der Waals surface area (Å²) in [5.74, 6) is 1.57. The number of furan rings is 1. The van der Waals surface area contributed by atoms with Crippen molar-refractivity contribution in [3.63, 3.8) is 0 Å². The van der Waals surface area contributed by atoms with Crippen molar-refractivity contribution < 1.29 is 13.7 Å². The van der Waals surface area contributed by atoms with Crippen LogP contribution in [0.2, 0.25) is 0 Å². The van der Waals surface area contributed by atoms with Crippen LogP contribution >= 0.6 is 0 Å². The van der Waals surface area contributed by atoms with Crippen LogP contribution in [0.5, 0.6) is 0 Å². The summed E-state index contributed by atoms with van der Waals surface area (Å²) in [5, 5.41) is 12.5. The van der Waals surface area contributed by atoms with Crippen molar-refractivity contribution in [3.8, 4) is 0 Å². The molecule has 0 radical (unpaired) electrons. The average molecular weight is 385 g/mol. The van der Waals surface area contributed by atoms with E-state index in [2.05, 4.69) is 27.3 Å². The second-order valence-corrected chi connectivity index (χ2v) is 7.24. The van der Waals surface area contributed by atoms with Gasteiger partial charge in [-0.25, -0.2) is 9.07 Å². The molecule has 1 saturated heterocycles. The van der Waals surface area contributed by atoms with Crippen molar-refractivity contribution in [2.24, 2.45) is 0 Å². The monoisotopic (exact) mass is 385 g/mol. The van der Waals surface area contributed by atoms with Gasteiger partial charge in [-0.05, 0) is 46.8 Å². The lowest BCUT2D eigenvalue weighted by Gasteiger charge is -2.37. The van der Waals surface area contributed by atoms with Crippen molar-refractivity contribution in [1.82, 2.24) is 20.2 Å². The maximum Gasteiger partial charge on any atom is 0.209 e. The van der Waals surface area contributed by atoms with Crippen molar-refractivity contribution in [2.75, 3.05) is 31.1 Å². The number of hydrogen-bond donors (Lipinski definition) is 1. The van der Waals surface area contributed by atoms with Crippen molar-refractivity contribution >= 4 is 5.69 Å². The van der Waals surface area contributed by atoms with E-state index < -0.39 is 0 Å². The Hall–Kier alpha value is -2.74. The second-order valence-electron chi connectivity index (χ2n) is 7.24. The number of rotatable bonds is 7. The van der Waals surface area contributed by atoms with E-state index in [0.29, 0.717) is 6.54 Å². The fraction of sp³-hybridized carbons (Fsp3) is 0.450. The number of hydrogen-bond acceptors (Lipinski definition) is 5. The zero-order chi connectivity index (χ0) is 19.3. The van der Waals surface area contributed by atoms with E-state index in [1.165, 1.54) is 17.0 Å². The van der Waals surface area contributed by atoms with Gasteiger partial charge >= 0.3 is 0 Å². The first-order valence-electron chi connectivity index (χ1n) is 9.88. The van der Waals surface area contributed by atoms with Gasteiger partial charge in [-0.3, -0.25) is 0 Å². The smallest absolute Gasteiger partial charge is 0.209 e. The molecule has 2 aromatic heterocycles. The highest BCUT2D eigenvalue weighted by Crippen LogP contribution is 2.17. The number of nitrogens with zero attached hydrogens (tertiary/aromatic N) is 5. The van der Waals surface area contributed by atoms with Crippen LogP contribution in [0.25, 0.3) is 0 Å². The molecule has 1 N–H and O–H groups in total. The summed E-state index contributed by atoms with van der Waals surface area (Å²) >= 11 is 0. The number of benzene rings is 1. The Morgan fingerprint density at radius 3 is 2.64 bits per heavy atom. The number of aromatic nitrogens is 4. The minimum absolute atomic E-state index is 0.195. The molecule has 148 valence electrons. The molecular weight excluding hydrogens is 359 g/mol. The highest BCUT2D eigenvalue weighted by Gasteiger charge is 2.32. The van der Waals surface area contributed by atoms with Gasteiger partial charge in [0, 0.05) is 12.1 Å². The molecule has 0 bridgehead atoms. The fourth-order valence-corrected chi connectivity index (χ4v) is 3.98. The van der Waals surface area contributed by atoms with Crippen molar-refractivity contribution in [2.45, 2.75) is 32.4 Å². The van der Waals surface area contributed by atoms with E-state index in [-0.39, 0.29) is 11.9 Å². The van der Waals surface area contributed by atoms with Gasteiger partial charge in [0.05, 0.1) is 32.4 Å². The minimum atomic E-state index is -0.195. The van der Waals surface area contributed by atoms with Gasteiger partial charge in [0.1, 0.15) is 24.2 Å². The summed E-state index contributed by atoms with van der Waals surface area (Å²) in [6.45, 7) is 6.60. The summed E-state index contributed by atoms with van der Waals surface area (Å²) in [6.07, 6.45) is 3.77. The third-order valence-corrected chi connectivity index (χ3v) is 5.42.